The molecule has 0 unspecified atom stereocenters. The molecule has 0 atom stereocenters. The van der Waals surface area contributed by atoms with E-state index >= 15 is 0 Å². The second kappa shape index (κ2) is 13.6. The standard InChI is InChI=1S/C30H25ClFN3O7.Na/c1-40-24-15-19-21(16-25(24)41-14-10-26(36)37)33-13-9-22(19)42-23-4-2-3-20(27(23)31)35-29(39)30(11-12-30)28(38)34-18-7-5-17(32)6-8-18;/h2-9,13,15-16H,10-12,14H2,1H3,(H,34,38)(H,35,39)(H,36,37);/q;+1/p-1. The smallest absolute Gasteiger partial charge is 0.550 e. The van der Waals surface area contributed by atoms with E-state index in [1.54, 1.807) is 36.4 Å². The predicted octanol–water partition coefficient (Wildman–Crippen LogP) is 1.71. The van der Waals surface area contributed by atoms with E-state index in [0.717, 1.165) is 0 Å². The van der Waals surface area contributed by atoms with Crippen molar-refractivity contribution in [1.82, 2.24) is 4.98 Å². The number of halogens is 2. The number of pyridine rings is 1. The van der Waals surface area contributed by atoms with E-state index in [4.69, 9.17) is 25.8 Å². The molecule has 1 aromatic heterocycles. The van der Waals surface area contributed by atoms with Crippen molar-refractivity contribution in [2.45, 2.75) is 19.3 Å². The van der Waals surface area contributed by atoms with Crippen LogP contribution in [-0.2, 0) is 14.4 Å². The minimum absolute atomic E-state index is 0. The van der Waals surface area contributed by atoms with Crippen LogP contribution >= 0.6 is 11.6 Å². The number of carbonyl (C=O) groups is 3. The molecule has 0 spiro atoms. The topological polar surface area (TPSA) is 139 Å². The van der Waals surface area contributed by atoms with Crippen molar-refractivity contribution < 1.29 is 67.6 Å². The molecule has 3 aromatic carbocycles. The van der Waals surface area contributed by atoms with Crippen molar-refractivity contribution in [3.05, 3.63) is 77.7 Å². The fourth-order valence-electron chi connectivity index (χ4n) is 4.25. The fraction of sp³-hybridized carbons (Fsp3) is 0.200. The monoisotopic (exact) mass is 615 g/mol. The molecule has 5 rings (SSSR count). The summed E-state index contributed by atoms with van der Waals surface area (Å²) in [4.78, 5) is 41.2. The van der Waals surface area contributed by atoms with Gasteiger partial charge in [-0.05, 0) is 61.4 Å². The van der Waals surface area contributed by atoms with Crippen molar-refractivity contribution in [3.63, 3.8) is 0 Å². The number of methoxy groups -OCH3 is 1. The van der Waals surface area contributed by atoms with Gasteiger partial charge in [0.15, 0.2) is 11.5 Å². The van der Waals surface area contributed by atoms with Crippen LogP contribution in [0.15, 0.2) is 66.9 Å². The number of fused-ring (bicyclic) bond motifs is 1. The van der Waals surface area contributed by atoms with Gasteiger partial charge >= 0.3 is 29.6 Å². The predicted molar refractivity (Wildman–Crippen MR) is 150 cm³/mol. The molecule has 1 fully saturated rings. The zero-order chi connectivity index (χ0) is 29.9. The molecule has 0 saturated heterocycles. The summed E-state index contributed by atoms with van der Waals surface area (Å²) in [5.41, 5.74) is -0.154. The number of hydrogen-bond donors (Lipinski definition) is 2. The first kappa shape index (κ1) is 32.0. The number of anilines is 2. The van der Waals surface area contributed by atoms with Crippen LogP contribution in [0.1, 0.15) is 19.3 Å². The molecule has 13 heteroatoms. The number of ether oxygens (including phenoxy) is 3. The van der Waals surface area contributed by atoms with Crippen LogP contribution in [0.3, 0.4) is 0 Å². The number of carbonyl (C=O) groups excluding carboxylic acids is 3. The molecule has 1 aliphatic rings. The van der Waals surface area contributed by atoms with Crippen molar-refractivity contribution in [3.8, 4) is 23.0 Å². The Morgan fingerprint density at radius 2 is 1.70 bits per heavy atom. The first-order chi connectivity index (χ1) is 20.2. The van der Waals surface area contributed by atoms with Gasteiger partial charge < -0.3 is 34.7 Å². The molecule has 1 heterocycles. The maximum Gasteiger partial charge on any atom is 1.00 e. The number of nitrogens with one attached hydrogen (secondary N) is 2. The molecule has 4 aromatic rings. The van der Waals surface area contributed by atoms with Gasteiger partial charge in [-0.1, -0.05) is 17.7 Å². The Morgan fingerprint density at radius 1 is 0.977 bits per heavy atom. The minimum Gasteiger partial charge on any atom is -0.550 e. The maximum absolute atomic E-state index is 13.2. The first-order valence-corrected chi connectivity index (χ1v) is 13.2. The first-order valence-electron chi connectivity index (χ1n) is 12.8. The van der Waals surface area contributed by atoms with Gasteiger partial charge in [-0.25, -0.2) is 4.39 Å². The summed E-state index contributed by atoms with van der Waals surface area (Å²) in [5.74, 6) is -1.44. The van der Waals surface area contributed by atoms with Gasteiger partial charge in [0.25, 0.3) is 0 Å². The van der Waals surface area contributed by atoms with Crippen LogP contribution in [0.25, 0.3) is 10.9 Å². The van der Waals surface area contributed by atoms with Crippen LogP contribution in [0.2, 0.25) is 5.02 Å². The van der Waals surface area contributed by atoms with Gasteiger partial charge in [-0.3, -0.25) is 14.6 Å². The van der Waals surface area contributed by atoms with Crippen molar-refractivity contribution in [1.29, 1.82) is 0 Å². The number of carboxylic acids is 1. The maximum atomic E-state index is 13.2. The Labute approximate surface area is 272 Å². The summed E-state index contributed by atoms with van der Waals surface area (Å²) in [6.45, 7) is -0.107. The Kier molecular flexibility index (Phi) is 10.1. The normalized spacial score (nSPS) is 12.9. The number of rotatable bonds is 11. The Balaban J connectivity index is 0.00000423. The van der Waals surface area contributed by atoms with Crippen LogP contribution in [0.4, 0.5) is 15.8 Å². The minimum atomic E-state index is -1.27. The quantitative estimate of drug-likeness (QED) is 0.192. The summed E-state index contributed by atoms with van der Waals surface area (Å²) in [5, 5.41) is 16.8. The molecule has 0 aliphatic heterocycles. The molecular weight excluding hydrogens is 592 g/mol. The number of hydrogen-bond acceptors (Lipinski definition) is 8. The number of nitrogens with zero attached hydrogens (tertiary/aromatic N) is 1. The molecule has 1 aliphatic carbocycles. The van der Waals surface area contributed by atoms with Crippen LogP contribution < -0.4 is 59.5 Å². The summed E-state index contributed by atoms with van der Waals surface area (Å²) in [7, 11) is 1.44. The van der Waals surface area contributed by atoms with Crippen molar-refractivity contribution >= 4 is 51.7 Å². The second-order valence-electron chi connectivity index (χ2n) is 9.52. The molecule has 10 nitrogen and oxygen atoms in total. The Hall–Kier alpha value is -3.90. The van der Waals surface area contributed by atoms with Gasteiger partial charge in [0, 0.05) is 35.7 Å². The number of aliphatic carboxylic acids is 1. The van der Waals surface area contributed by atoms with Crippen LogP contribution in [0.5, 0.6) is 23.0 Å². The number of amides is 2. The summed E-state index contributed by atoms with van der Waals surface area (Å²) < 4.78 is 30.3. The van der Waals surface area contributed by atoms with E-state index < -0.39 is 29.0 Å². The largest absolute Gasteiger partial charge is 1.00 e. The van der Waals surface area contributed by atoms with Gasteiger partial charge in [0.1, 0.15) is 27.8 Å². The van der Waals surface area contributed by atoms with Crippen LogP contribution in [-0.4, -0.2) is 36.5 Å². The zero-order valence-electron chi connectivity index (χ0n) is 23.2. The summed E-state index contributed by atoms with van der Waals surface area (Å²) in [6.07, 6.45) is 1.93. The van der Waals surface area contributed by atoms with E-state index in [2.05, 4.69) is 15.6 Å². The van der Waals surface area contributed by atoms with Crippen LogP contribution in [0, 0.1) is 11.2 Å². The van der Waals surface area contributed by atoms with Gasteiger partial charge in [0.2, 0.25) is 11.8 Å². The van der Waals surface area contributed by atoms with Gasteiger partial charge in [-0.2, -0.15) is 0 Å². The van der Waals surface area contributed by atoms with Gasteiger partial charge in [-0.15, -0.1) is 0 Å². The van der Waals surface area contributed by atoms with E-state index in [1.807, 2.05) is 0 Å². The molecule has 0 bridgehead atoms. The third-order valence-corrected chi connectivity index (χ3v) is 7.09. The number of carboxylic acid groups (broad SMARTS) is 1. The second-order valence-corrected chi connectivity index (χ2v) is 9.89. The number of aromatic nitrogens is 1. The third kappa shape index (κ3) is 7.19. The molecule has 43 heavy (non-hydrogen) atoms. The van der Waals surface area contributed by atoms with E-state index in [9.17, 15) is 23.9 Å². The average molecular weight is 616 g/mol. The van der Waals surface area contributed by atoms with E-state index in [-0.39, 0.29) is 59.0 Å². The molecule has 2 N–H and O–H groups in total. The van der Waals surface area contributed by atoms with Crippen molar-refractivity contribution in [2.75, 3.05) is 24.4 Å². The molecular formula is C30H24ClFN3NaO7. The summed E-state index contributed by atoms with van der Waals surface area (Å²) in [6, 6.07) is 15.0. The van der Waals surface area contributed by atoms with Gasteiger partial charge in [0.05, 0.1) is 24.9 Å². The SMILES string of the molecule is COc1cc2c(Oc3cccc(NC(=O)C4(C(=O)Nc5ccc(F)cc5)CC4)c3Cl)ccnc2cc1OCCC(=O)[O-].[Na+]. The Bertz CT molecular complexity index is 1680. The summed E-state index contributed by atoms with van der Waals surface area (Å²) >= 11 is 6.63. The number of benzene rings is 3. The molecule has 216 valence electrons. The zero-order valence-corrected chi connectivity index (χ0v) is 26.0. The third-order valence-electron chi connectivity index (χ3n) is 6.70. The fourth-order valence-corrected chi connectivity index (χ4v) is 4.46. The molecule has 1 saturated carbocycles. The van der Waals surface area contributed by atoms with E-state index in [1.165, 1.54) is 37.6 Å². The average Bonchev–Trinajstić information content (AvgIpc) is 3.78. The van der Waals surface area contributed by atoms with Crippen molar-refractivity contribution in [2.24, 2.45) is 5.41 Å². The Morgan fingerprint density at radius 3 is 2.37 bits per heavy atom. The molecule has 0 radical (unpaired) electrons. The molecule has 2 amide bonds. The van der Waals surface area contributed by atoms with E-state index in [0.29, 0.717) is 46.7 Å².